The van der Waals surface area contributed by atoms with Gasteiger partial charge in [0.2, 0.25) is 0 Å². The van der Waals surface area contributed by atoms with E-state index in [1.807, 2.05) is 0 Å². The van der Waals surface area contributed by atoms with Gasteiger partial charge in [0.05, 0.1) is 5.60 Å². The Balaban J connectivity index is 1.68. The van der Waals surface area contributed by atoms with Gasteiger partial charge in [-0.25, -0.2) is 0 Å². The van der Waals surface area contributed by atoms with Gasteiger partial charge in [-0.3, -0.25) is 0 Å². The molecule has 2 fully saturated rings. The van der Waals surface area contributed by atoms with Crippen LogP contribution in [0.5, 0.6) is 0 Å². The Hall–Kier alpha value is -0.580. The molecule has 2 aliphatic rings. The van der Waals surface area contributed by atoms with E-state index in [-0.39, 0.29) is 5.60 Å². The zero-order valence-electron chi connectivity index (χ0n) is 12.0. The number of nitrogens with one attached hydrogen (secondary N) is 1. The highest BCUT2D eigenvalue weighted by atomic mass is 79.9. The van der Waals surface area contributed by atoms with Crippen LogP contribution in [0, 0.1) is 6.92 Å². The van der Waals surface area contributed by atoms with Crippen LogP contribution in [-0.4, -0.2) is 31.5 Å². The van der Waals surface area contributed by atoms with Gasteiger partial charge in [0.15, 0.2) is 0 Å². The summed E-state index contributed by atoms with van der Waals surface area (Å²) in [6, 6.07) is 6.95. The zero-order valence-corrected chi connectivity index (χ0v) is 13.5. The van der Waals surface area contributed by atoms with Crippen LogP contribution < -0.4 is 5.32 Å². The second-order valence-electron chi connectivity index (χ2n) is 5.96. The Morgan fingerprint density at radius 3 is 2.80 bits per heavy atom. The Kier molecular flexibility index (Phi) is 4.34. The lowest BCUT2D eigenvalue weighted by atomic mass is 9.84. The van der Waals surface area contributed by atoms with Crippen LogP contribution in [0.4, 0.5) is 5.69 Å². The lowest BCUT2D eigenvalue weighted by Crippen LogP contribution is -2.47. The molecule has 1 aromatic carbocycles. The second kappa shape index (κ2) is 6.04. The van der Waals surface area contributed by atoms with E-state index in [1.165, 1.54) is 11.3 Å². The van der Waals surface area contributed by atoms with Crippen molar-refractivity contribution in [1.29, 1.82) is 0 Å². The highest BCUT2D eigenvalue weighted by Gasteiger charge is 2.39. The van der Waals surface area contributed by atoms with E-state index in [0.29, 0.717) is 6.04 Å². The van der Waals surface area contributed by atoms with Gasteiger partial charge in [-0.15, -0.1) is 0 Å². The summed E-state index contributed by atoms with van der Waals surface area (Å²) < 4.78 is 12.7. The predicted molar refractivity (Wildman–Crippen MR) is 84.3 cm³/mol. The number of hydrogen-bond acceptors (Lipinski definition) is 3. The molecule has 3 rings (SSSR count). The maximum absolute atomic E-state index is 6.09. The summed E-state index contributed by atoms with van der Waals surface area (Å²) in [5, 5.41) is 3.68. The molecule has 20 heavy (non-hydrogen) atoms. The van der Waals surface area contributed by atoms with Gasteiger partial charge in [0.25, 0.3) is 0 Å². The maximum Gasteiger partial charge on any atom is 0.0745 e. The monoisotopic (exact) mass is 339 g/mol. The Labute approximate surface area is 129 Å². The molecule has 0 aromatic heterocycles. The van der Waals surface area contributed by atoms with Crippen molar-refractivity contribution in [3.8, 4) is 0 Å². The van der Waals surface area contributed by atoms with Gasteiger partial charge in [-0.1, -0.05) is 6.07 Å². The minimum Gasteiger partial charge on any atom is -0.381 e. The highest BCUT2D eigenvalue weighted by Crippen LogP contribution is 2.36. The molecular weight excluding hydrogens is 318 g/mol. The van der Waals surface area contributed by atoms with Crippen LogP contribution in [0.2, 0.25) is 0 Å². The van der Waals surface area contributed by atoms with E-state index in [4.69, 9.17) is 9.47 Å². The average molecular weight is 340 g/mol. The molecule has 1 unspecified atom stereocenters. The second-order valence-corrected chi connectivity index (χ2v) is 6.82. The summed E-state index contributed by atoms with van der Waals surface area (Å²) >= 11 is 3.65. The van der Waals surface area contributed by atoms with Crippen molar-refractivity contribution in [3.63, 3.8) is 0 Å². The van der Waals surface area contributed by atoms with Gasteiger partial charge in [0, 0.05) is 36.0 Å². The minimum absolute atomic E-state index is 0.0470. The fourth-order valence-electron chi connectivity index (χ4n) is 3.20. The van der Waals surface area contributed by atoms with E-state index in [1.54, 1.807) is 0 Å². The van der Waals surface area contributed by atoms with Crippen LogP contribution in [0.25, 0.3) is 0 Å². The van der Waals surface area contributed by atoms with E-state index in [0.717, 1.165) is 50.0 Å². The number of anilines is 1. The molecule has 1 atom stereocenters. The molecule has 0 aliphatic carbocycles. The maximum atomic E-state index is 6.09. The number of aryl methyl sites for hydroxylation is 1. The molecule has 0 amide bonds. The first kappa shape index (κ1) is 14.4. The van der Waals surface area contributed by atoms with Gasteiger partial charge >= 0.3 is 0 Å². The molecular formula is C16H22BrNO2. The fraction of sp³-hybridized carbons (Fsp3) is 0.625. The summed E-state index contributed by atoms with van der Waals surface area (Å²) in [4.78, 5) is 0. The topological polar surface area (TPSA) is 30.5 Å². The number of halogens is 1. The standard InChI is InChI=1S/C16H22BrNO2/c1-12-2-3-15(14(17)10-12)18-13-4-7-20-16(11-13)5-8-19-9-6-16/h2-3,10,13,18H,4-9,11H2,1H3. The molecule has 0 bridgehead atoms. The van der Waals surface area contributed by atoms with Crippen LogP contribution in [-0.2, 0) is 9.47 Å². The van der Waals surface area contributed by atoms with Crippen LogP contribution in [0.15, 0.2) is 22.7 Å². The van der Waals surface area contributed by atoms with Crippen LogP contribution in [0.3, 0.4) is 0 Å². The first-order chi connectivity index (χ1) is 9.67. The molecule has 2 aliphatic heterocycles. The third-order valence-electron chi connectivity index (χ3n) is 4.38. The van der Waals surface area contributed by atoms with Crippen molar-refractivity contribution >= 4 is 21.6 Å². The van der Waals surface area contributed by atoms with Crippen LogP contribution in [0.1, 0.15) is 31.2 Å². The molecule has 110 valence electrons. The molecule has 1 aromatic rings. The quantitative estimate of drug-likeness (QED) is 0.886. The normalized spacial score (nSPS) is 25.6. The summed E-state index contributed by atoms with van der Waals surface area (Å²) in [5.41, 5.74) is 2.51. The summed E-state index contributed by atoms with van der Waals surface area (Å²) in [6.07, 6.45) is 4.21. The SMILES string of the molecule is Cc1ccc(NC2CCOC3(CCOCC3)C2)c(Br)c1. The molecule has 3 nitrogen and oxygen atoms in total. The molecule has 0 radical (unpaired) electrons. The van der Waals surface area contributed by atoms with Gasteiger partial charge in [-0.2, -0.15) is 0 Å². The van der Waals surface area contributed by atoms with Crippen molar-refractivity contribution in [3.05, 3.63) is 28.2 Å². The number of rotatable bonds is 2. The van der Waals surface area contributed by atoms with Crippen molar-refractivity contribution < 1.29 is 9.47 Å². The number of benzene rings is 1. The van der Waals surface area contributed by atoms with E-state index in [2.05, 4.69) is 46.4 Å². The van der Waals surface area contributed by atoms with Gasteiger partial charge in [0.1, 0.15) is 0 Å². The smallest absolute Gasteiger partial charge is 0.0745 e. The first-order valence-corrected chi connectivity index (χ1v) is 8.21. The average Bonchev–Trinajstić information content (AvgIpc) is 2.43. The number of hydrogen-bond donors (Lipinski definition) is 1. The molecule has 4 heteroatoms. The van der Waals surface area contributed by atoms with E-state index >= 15 is 0 Å². The Morgan fingerprint density at radius 2 is 2.05 bits per heavy atom. The summed E-state index contributed by atoms with van der Waals surface area (Å²) in [5.74, 6) is 0. The molecule has 1 spiro atoms. The van der Waals surface area contributed by atoms with Crippen molar-refractivity contribution in [2.24, 2.45) is 0 Å². The van der Waals surface area contributed by atoms with Gasteiger partial charge < -0.3 is 14.8 Å². The third-order valence-corrected chi connectivity index (χ3v) is 5.04. The van der Waals surface area contributed by atoms with Crippen molar-refractivity contribution in [1.82, 2.24) is 0 Å². The van der Waals surface area contributed by atoms with Crippen LogP contribution >= 0.6 is 15.9 Å². The Morgan fingerprint density at radius 1 is 1.25 bits per heavy atom. The Bertz CT molecular complexity index is 466. The van der Waals surface area contributed by atoms with E-state index < -0.39 is 0 Å². The lowest BCUT2D eigenvalue weighted by Gasteiger charge is -2.43. The highest BCUT2D eigenvalue weighted by molar-refractivity contribution is 9.10. The molecule has 2 heterocycles. The fourth-order valence-corrected chi connectivity index (χ4v) is 3.81. The molecule has 1 N–H and O–H groups in total. The minimum atomic E-state index is 0.0470. The lowest BCUT2D eigenvalue weighted by molar-refractivity contribution is -0.135. The molecule has 0 saturated carbocycles. The van der Waals surface area contributed by atoms with Crippen molar-refractivity contribution in [2.75, 3.05) is 25.1 Å². The zero-order chi connectivity index (χ0) is 14.0. The van der Waals surface area contributed by atoms with E-state index in [9.17, 15) is 0 Å². The summed E-state index contributed by atoms with van der Waals surface area (Å²) in [6.45, 7) is 4.63. The first-order valence-electron chi connectivity index (χ1n) is 7.41. The molecule has 2 saturated heterocycles. The number of ether oxygens (including phenoxy) is 2. The summed E-state index contributed by atoms with van der Waals surface area (Å²) in [7, 11) is 0. The van der Waals surface area contributed by atoms with Crippen molar-refractivity contribution in [2.45, 2.75) is 44.2 Å². The predicted octanol–water partition coefficient (Wildman–Crippen LogP) is 3.90. The largest absolute Gasteiger partial charge is 0.381 e. The third kappa shape index (κ3) is 3.18. The van der Waals surface area contributed by atoms with Gasteiger partial charge in [-0.05, 0) is 66.2 Å².